The molecule has 27 heavy (non-hydrogen) atoms. The third-order valence-electron chi connectivity index (χ3n) is 5.60. The highest BCUT2D eigenvalue weighted by Crippen LogP contribution is 2.36. The topological polar surface area (TPSA) is 35.7 Å². The smallest absolute Gasteiger partial charge is 0.271 e. The second-order valence-corrected chi connectivity index (χ2v) is 7.35. The lowest BCUT2D eigenvalue weighted by Gasteiger charge is -2.23. The molecular formula is C22H27BrN2O2. The molecule has 0 aliphatic carbocycles. The molecule has 0 radical (unpaired) electrons. The molecule has 0 spiro atoms. The monoisotopic (exact) mass is 430 g/mol. The molecule has 1 unspecified atom stereocenters. The van der Waals surface area contributed by atoms with Crippen LogP contribution < -0.4 is 26.6 Å². The van der Waals surface area contributed by atoms with Gasteiger partial charge in [0.1, 0.15) is 11.4 Å². The lowest BCUT2D eigenvalue weighted by Crippen LogP contribution is -3.00. The first kappa shape index (κ1) is 19.9. The highest BCUT2D eigenvalue weighted by molar-refractivity contribution is 5.96. The standard InChI is InChI=1S/C22H27N2O2.BrH/c1-17-7-6-8-19(15-17)23-16-22(25,18-10-12-20(26-2)13-11-18)24-14-5-3-4-9-21(23)24;/h6-8,10-13,15,25H,3-5,9,14,16H2,1-2H3;1H/q+1;/p-1. The molecule has 2 aromatic rings. The number of ether oxygens (including phenoxy) is 1. The average Bonchev–Trinajstić information content (AvgIpc) is 2.81. The van der Waals surface area contributed by atoms with Crippen molar-refractivity contribution in [2.75, 3.05) is 25.1 Å². The molecular weight excluding hydrogens is 404 g/mol. The second kappa shape index (κ2) is 8.03. The number of rotatable bonds is 3. The molecule has 144 valence electrons. The number of β-amino-alcohol motifs (C(OH)–C–C–N with tert-alkyl or cyclic N) is 1. The zero-order valence-corrected chi connectivity index (χ0v) is 17.6. The van der Waals surface area contributed by atoms with E-state index in [0.29, 0.717) is 6.54 Å². The molecule has 0 saturated carbocycles. The minimum atomic E-state index is -1.00. The molecule has 0 amide bonds. The number of aliphatic hydroxyl groups is 1. The van der Waals surface area contributed by atoms with Crippen molar-refractivity contribution >= 4 is 11.5 Å². The maximum Gasteiger partial charge on any atom is 0.271 e. The normalized spacial score (nSPS) is 22.1. The predicted octanol–water partition coefficient (Wildman–Crippen LogP) is 0.658. The summed E-state index contributed by atoms with van der Waals surface area (Å²) in [5.74, 6) is 2.05. The molecule has 4 nitrogen and oxygen atoms in total. The van der Waals surface area contributed by atoms with Gasteiger partial charge in [-0.05, 0) is 68.1 Å². The molecule has 2 heterocycles. The molecule has 0 bridgehead atoms. The predicted molar refractivity (Wildman–Crippen MR) is 104 cm³/mol. The summed E-state index contributed by atoms with van der Waals surface area (Å²) in [6.07, 6.45) is 4.50. The molecule has 0 fully saturated rings. The van der Waals surface area contributed by atoms with Gasteiger partial charge in [-0.3, -0.25) is 0 Å². The maximum absolute atomic E-state index is 11.8. The zero-order valence-electron chi connectivity index (χ0n) is 16.0. The third kappa shape index (κ3) is 3.63. The fraction of sp³-hybridized carbons (Fsp3) is 0.409. The van der Waals surface area contributed by atoms with Gasteiger partial charge in [0, 0.05) is 12.0 Å². The Morgan fingerprint density at radius 2 is 1.85 bits per heavy atom. The Morgan fingerprint density at radius 3 is 2.56 bits per heavy atom. The Kier molecular flexibility index (Phi) is 5.92. The summed E-state index contributed by atoms with van der Waals surface area (Å²) in [4.78, 5) is 2.31. The number of amidine groups is 1. The number of aryl methyl sites for hydroxylation is 1. The van der Waals surface area contributed by atoms with E-state index in [1.807, 2.05) is 24.3 Å². The number of anilines is 1. The lowest BCUT2D eigenvalue weighted by atomic mass is 10.0. The van der Waals surface area contributed by atoms with Crippen molar-refractivity contribution in [1.29, 1.82) is 0 Å². The summed E-state index contributed by atoms with van der Waals surface area (Å²) < 4.78 is 7.51. The summed E-state index contributed by atoms with van der Waals surface area (Å²) >= 11 is 0. The highest BCUT2D eigenvalue weighted by atomic mass is 79.9. The van der Waals surface area contributed by atoms with Gasteiger partial charge in [0.25, 0.3) is 11.6 Å². The van der Waals surface area contributed by atoms with Crippen LogP contribution in [0.25, 0.3) is 0 Å². The SMILES string of the molecule is COc1ccc(C2(O)CN(c3cccc(C)c3)C3=[N+]2CCCCC3)cc1.[Br-]. The van der Waals surface area contributed by atoms with E-state index in [1.54, 1.807) is 7.11 Å². The second-order valence-electron chi connectivity index (χ2n) is 7.35. The molecule has 1 N–H and O–H groups in total. The molecule has 2 aliphatic rings. The van der Waals surface area contributed by atoms with Crippen molar-refractivity contribution in [2.45, 2.75) is 38.3 Å². The zero-order chi connectivity index (χ0) is 18.1. The molecule has 0 aromatic heterocycles. The van der Waals surface area contributed by atoms with Crippen LogP contribution in [0.2, 0.25) is 0 Å². The van der Waals surface area contributed by atoms with Crippen LogP contribution in [0.3, 0.4) is 0 Å². The Hall–Kier alpha value is -1.85. The Balaban J connectivity index is 0.00000210. The van der Waals surface area contributed by atoms with E-state index in [2.05, 4.69) is 40.7 Å². The third-order valence-corrected chi connectivity index (χ3v) is 5.60. The van der Waals surface area contributed by atoms with Gasteiger partial charge in [-0.2, -0.15) is 0 Å². The first-order chi connectivity index (χ1) is 12.6. The molecule has 2 aromatic carbocycles. The fourth-order valence-electron chi connectivity index (χ4n) is 4.21. The van der Waals surface area contributed by atoms with Gasteiger partial charge in [-0.25, -0.2) is 9.48 Å². The fourth-order valence-corrected chi connectivity index (χ4v) is 4.21. The van der Waals surface area contributed by atoms with Crippen molar-refractivity contribution < 1.29 is 31.4 Å². The van der Waals surface area contributed by atoms with E-state index < -0.39 is 5.72 Å². The van der Waals surface area contributed by atoms with Crippen molar-refractivity contribution in [1.82, 2.24) is 0 Å². The van der Waals surface area contributed by atoms with Crippen molar-refractivity contribution in [2.24, 2.45) is 0 Å². The van der Waals surface area contributed by atoms with Gasteiger partial charge in [0.05, 0.1) is 13.7 Å². The van der Waals surface area contributed by atoms with Gasteiger partial charge < -0.3 is 26.8 Å². The number of benzene rings is 2. The van der Waals surface area contributed by atoms with Crippen LogP contribution in [-0.4, -0.2) is 35.7 Å². The lowest BCUT2D eigenvalue weighted by molar-refractivity contribution is -0.658. The Labute approximate surface area is 171 Å². The Bertz CT molecular complexity index is 834. The summed E-state index contributed by atoms with van der Waals surface area (Å²) in [6, 6.07) is 16.4. The summed E-state index contributed by atoms with van der Waals surface area (Å²) in [5, 5.41) is 11.8. The molecule has 4 rings (SSSR count). The number of halogens is 1. The highest BCUT2D eigenvalue weighted by Gasteiger charge is 2.51. The van der Waals surface area contributed by atoms with Crippen LogP contribution in [0.1, 0.15) is 36.8 Å². The quantitative estimate of drug-likeness (QED) is 0.726. The summed E-state index contributed by atoms with van der Waals surface area (Å²) in [5.41, 5.74) is 2.32. The van der Waals surface area contributed by atoms with Crippen molar-refractivity contribution in [3.63, 3.8) is 0 Å². The summed E-state index contributed by atoms with van der Waals surface area (Å²) in [7, 11) is 1.67. The first-order valence-corrected chi connectivity index (χ1v) is 9.46. The van der Waals surface area contributed by atoms with Crippen LogP contribution in [-0.2, 0) is 5.72 Å². The molecule has 1 atom stereocenters. The minimum Gasteiger partial charge on any atom is -1.00 e. The molecule has 2 aliphatic heterocycles. The van der Waals surface area contributed by atoms with Crippen molar-refractivity contribution in [3.05, 3.63) is 59.7 Å². The van der Waals surface area contributed by atoms with Crippen LogP contribution >= 0.6 is 0 Å². The van der Waals surface area contributed by atoms with Crippen LogP contribution in [0.4, 0.5) is 5.69 Å². The molecule has 5 heteroatoms. The van der Waals surface area contributed by atoms with Crippen LogP contribution in [0, 0.1) is 6.92 Å². The van der Waals surface area contributed by atoms with Gasteiger partial charge in [0.2, 0.25) is 0 Å². The van der Waals surface area contributed by atoms with Gasteiger partial charge >= 0.3 is 0 Å². The largest absolute Gasteiger partial charge is 1.00 e. The van der Waals surface area contributed by atoms with Crippen LogP contribution in [0.15, 0.2) is 48.5 Å². The molecule has 0 saturated heterocycles. The van der Waals surface area contributed by atoms with Crippen molar-refractivity contribution in [3.8, 4) is 5.75 Å². The van der Waals surface area contributed by atoms with E-state index in [1.165, 1.54) is 24.2 Å². The minimum absolute atomic E-state index is 0. The van der Waals surface area contributed by atoms with E-state index in [-0.39, 0.29) is 17.0 Å². The number of hydrogen-bond donors (Lipinski definition) is 1. The van der Waals surface area contributed by atoms with E-state index in [0.717, 1.165) is 36.4 Å². The summed E-state index contributed by atoms with van der Waals surface area (Å²) in [6.45, 7) is 3.56. The van der Waals surface area contributed by atoms with Gasteiger partial charge in [0.15, 0.2) is 6.54 Å². The number of methoxy groups -OCH3 is 1. The number of hydrogen-bond acceptors (Lipinski definition) is 3. The van der Waals surface area contributed by atoms with E-state index in [9.17, 15) is 5.11 Å². The Morgan fingerprint density at radius 1 is 1.07 bits per heavy atom. The van der Waals surface area contributed by atoms with E-state index >= 15 is 0 Å². The van der Waals surface area contributed by atoms with Gasteiger partial charge in [-0.1, -0.05) is 12.1 Å². The van der Waals surface area contributed by atoms with Crippen LogP contribution in [0.5, 0.6) is 5.75 Å². The number of nitrogens with zero attached hydrogens (tertiary/aromatic N) is 2. The van der Waals surface area contributed by atoms with Gasteiger partial charge in [-0.15, -0.1) is 0 Å². The first-order valence-electron chi connectivity index (χ1n) is 9.46. The average molecular weight is 431 g/mol. The van der Waals surface area contributed by atoms with E-state index in [4.69, 9.17) is 4.74 Å². The maximum atomic E-state index is 11.8.